The van der Waals surface area contributed by atoms with Gasteiger partial charge in [-0.2, -0.15) is 0 Å². The standard InChI is InChI=1S/C16H25ClN2O/c1-13(14-5-3-6-15(17)11-14)19(9-10-20-2)12-16-7-4-8-18-16/h3,5-6,11,13,16,18H,4,7-10,12H2,1-2H3. The van der Waals surface area contributed by atoms with Gasteiger partial charge in [-0.05, 0) is 44.0 Å². The molecule has 0 aliphatic carbocycles. The van der Waals surface area contributed by atoms with Crippen molar-refractivity contribution in [2.75, 3.05) is 33.4 Å². The molecular weight excluding hydrogens is 272 g/mol. The third-order valence-corrected chi connectivity index (χ3v) is 4.31. The first-order valence-electron chi connectivity index (χ1n) is 7.42. The Morgan fingerprint density at radius 3 is 3.00 bits per heavy atom. The van der Waals surface area contributed by atoms with Gasteiger partial charge in [-0.15, -0.1) is 0 Å². The molecule has 0 amide bonds. The van der Waals surface area contributed by atoms with Crippen LogP contribution in [-0.2, 0) is 4.74 Å². The molecule has 0 saturated carbocycles. The van der Waals surface area contributed by atoms with E-state index in [4.69, 9.17) is 16.3 Å². The fourth-order valence-electron chi connectivity index (χ4n) is 2.82. The lowest BCUT2D eigenvalue weighted by molar-refractivity contribution is 0.118. The van der Waals surface area contributed by atoms with E-state index in [1.807, 2.05) is 12.1 Å². The third-order valence-electron chi connectivity index (χ3n) is 4.08. The topological polar surface area (TPSA) is 24.5 Å². The summed E-state index contributed by atoms with van der Waals surface area (Å²) in [6.45, 7) is 6.17. The van der Waals surface area contributed by atoms with Gasteiger partial charge in [-0.3, -0.25) is 4.90 Å². The quantitative estimate of drug-likeness (QED) is 0.837. The van der Waals surface area contributed by atoms with Gasteiger partial charge in [-0.25, -0.2) is 0 Å². The molecule has 1 aliphatic rings. The van der Waals surface area contributed by atoms with Crippen LogP contribution in [-0.4, -0.2) is 44.3 Å². The zero-order valence-corrected chi connectivity index (χ0v) is 13.2. The zero-order chi connectivity index (χ0) is 14.4. The third kappa shape index (κ3) is 4.45. The van der Waals surface area contributed by atoms with Gasteiger partial charge < -0.3 is 10.1 Å². The van der Waals surface area contributed by atoms with E-state index in [-0.39, 0.29) is 0 Å². The minimum Gasteiger partial charge on any atom is -0.383 e. The average molecular weight is 297 g/mol. The summed E-state index contributed by atoms with van der Waals surface area (Å²) in [5.41, 5.74) is 1.27. The van der Waals surface area contributed by atoms with Crippen LogP contribution >= 0.6 is 11.6 Å². The van der Waals surface area contributed by atoms with Crippen LogP contribution in [0.15, 0.2) is 24.3 Å². The van der Waals surface area contributed by atoms with Gasteiger partial charge in [0.1, 0.15) is 0 Å². The van der Waals surface area contributed by atoms with E-state index in [2.05, 4.69) is 29.3 Å². The fourth-order valence-corrected chi connectivity index (χ4v) is 3.02. The second-order valence-corrected chi connectivity index (χ2v) is 5.95. The van der Waals surface area contributed by atoms with Crippen molar-refractivity contribution >= 4 is 11.6 Å². The van der Waals surface area contributed by atoms with Crippen LogP contribution in [0.4, 0.5) is 0 Å². The van der Waals surface area contributed by atoms with Crippen molar-refractivity contribution in [3.05, 3.63) is 34.9 Å². The van der Waals surface area contributed by atoms with E-state index in [0.717, 1.165) is 31.3 Å². The van der Waals surface area contributed by atoms with E-state index < -0.39 is 0 Å². The molecule has 1 fully saturated rings. The summed E-state index contributed by atoms with van der Waals surface area (Å²) in [6.07, 6.45) is 2.56. The molecule has 1 saturated heterocycles. The van der Waals surface area contributed by atoms with Crippen molar-refractivity contribution in [2.45, 2.75) is 31.8 Å². The van der Waals surface area contributed by atoms with Crippen molar-refractivity contribution in [3.8, 4) is 0 Å². The molecule has 2 rings (SSSR count). The van der Waals surface area contributed by atoms with Gasteiger partial charge in [0.05, 0.1) is 6.61 Å². The van der Waals surface area contributed by atoms with E-state index in [0.29, 0.717) is 12.1 Å². The Balaban J connectivity index is 2.03. The predicted molar refractivity (Wildman–Crippen MR) is 84.3 cm³/mol. The number of methoxy groups -OCH3 is 1. The summed E-state index contributed by atoms with van der Waals surface area (Å²) in [6, 6.07) is 9.12. The maximum atomic E-state index is 6.11. The minimum absolute atomic E-state index is 0.353. The lowest BCUT2D eigenvalue weighted by Gasteiger charge is -2.31. The first kappa shape index (κ1) is 15.8. The summed E-state index contributed by atoms with van der Waals surface area (Å²) in [5.74, 6) is 0. The van der Waals surface area contributed by atoms with Crippen molar-refractivity contribution in [2.24, 2.45) is 0 Å². The molecule has 0 bridgehead atoms. The average Bonchev–Trinajstić information content (AvgIpc) is 2.95. The summed E-state index contributed by atoms with van der Waals surface area (Å²) >= 11 is 6.11. The van der Waals surface area contributed by atoms with Crippen molar-refractivity contribution in [1.82, 2.24) is 10.2 Å². The zero-order valence-electron chi connectivity index (χ0n) is 12.4. The Kier molecular flexibility index (Phi) is 6.30. The number of hydrogen-bond acceptors (Lipinski definition) is 3. The number of nitrogens with zero attached hydrogens (tertiary/aromatic N) is 1. The highest BCUT2D eigenvalue weighted by Gasteiger charge is 2.22. The van der Waals surface area contributed by atoms with Crippen LogP contribution in [0, 0.1) is 0 Å². The number of nitrogens with one attached hydrogen (secondary N) is 1. The molecule has 4 heteroatoms. The maximum absolute atomic E-state index is 6.11. The number of halogens is 1. The van der Waals surface area contributed by atoms with Crippen molar-refractivity contribution < 1.29 is 4.74 Å². The fraction of sp³-hybridized carbons (Fsp3) is 0.625. The van der Waals surface area contributed by atoms with Crippen molar-refractivity contribution in [3.63, 3.8) is 0 Å². The first-order chi connectivity index (χ1) is 9.70. The molecule has 112 valence electrons. The molecule has 1 aromatic rings. The summed E-state index contributed by atoms with van der Waals surface area (Å²) in [4.78, 5) is 2.48. The smallest absolute Gasteiger partial charge is 0.0589 e. The molecule has 0 radical (unpaired) electrons. The van der Waals surface area contributed by atoms with Gasteiger partial charge in [0.15, 0.2) is 0 Å². The van der Waals surface area contributed by atoms with Gasteiger partial charge in [0, 0.05) is 37.3 Å². The molecule has 20 heavy (non-hydrogen) atoms. The van der Waals surface area contributed by atoms with E-state index >= 15 is 0 Å². The summed E-state index contributed by atoms with van der Waals surface area (Å²) < 4.78 is 5.26. The highest BCUT2D eigenvalue weighted by atomic mass is 35.5. The van der Waals surface area contributed by atoms with Gasteiger partial charge in [0.2, 0.25) is 0 Å². The van der Waals surface area contributed by atoms with Crippen LogP contribution in [0.2, 0.25) is 5.02 Å². The minimum atomic E-state index is 0.353. The largest absolute Gasteiger partial charge is 0.383 e. The SMILES string of the molecule is COCCN(CC1CCCN1)C(C)c1cccc(Cl)c1. The Hall–Kier alpha value is -0.610. The van der Waals surface area contributed by atoms with Crippen LogP contribution in [0.5, 0.6) is 0 Å². The number of benzene rings is 1. The Morgan fingerprint density at radius 2 is 2.35 bits per heavy atom. The molecule has 1 N–H and O–H groups in total. The molecule has 0 aromatic heterocycles. The summed E-state index contributed by atoms with van der Waals surface area (Å²) in [7, 11) is 1.76. The molecule has 1 heterocycles. The molecule has 1 aliphatic heterocycles. The van der Waals surface area contributed by atoms with Crippen LogP contribution in [0.1, 0.15) is 31.4 Å². The monoisotopic (exact) mass is 296 g/mol. The Labute approximate surface area is 127 Å². The molecule has 2 unspecified atom stereocenters. The first-order valence-corrected chi connectivity index (χ1v) is 7.80. The van der Waals surface area contributed by atoms with Gasteiger partial charge in [-0.1, -0.05) is 23.7 Å². The second kappa shape index (κ2) is 7.99. The van der Waals surface area contributed by atoms with E-state index in [1.165, 1.54) is 18.4 Å². The van der Waals surface area contributed by atoms with Crippen molar-refractivity contribution in [1.29, 1.82) is 0 Å². The van der Waals surface area contributed by atoms with E-state index in [9.17, 15) is 0 Å². The van der Waals surface area contributed by atoms with Gasteiger partial charge in [0.25, 0.3) is 0 Å². The normalized spacial score (nSPS) is 20.5. The Morgan fingerprint density at radius 1 is 1.50 bits per heavy atom. The predicted octanol–water partition coefficient (Wildman–Crippen LogP) is 3.10. The highest BCUT2D eigenvalue weighted by Crippen LogP contribution is 2.24. The Bertz CT molecular complexity index is 407. The molecular formula is C16H25ClN2O. The molecule has 1 aromatic carbocycles. The van der Waals surface area contributed by atoms with Crippen LogP contribution in [0.3, 0.4) is 0 Å². The second-order valence-electron chi connectivity index (χ2n) is 5.51. The lowest BCUT2D eigenvalue weighted by atomic mass is 10.1. The number of rotatable bonds is 7. The molecule has 3 nitrogen and oxygen atoms in total. The lowest BCUT2D eigenvalue weighted by Crippen LogP contribution is -2.40. The van der Waals surface area contributed by atoms with Crippen LogP contribution in [0.25, 0.3) is 0 Å². The number of ether oxygens (including phenoxy) is 1. The molecule has 2 atom stereocenters. The maximum Gasteiger partial charge on any atom is 0.0589 e. The van der Waals surface area contributed by atoms with E-state index in [1.54, 1.807) is 7.11 Å². The molecule has 0 spiro atoms. The number of hydrogen-bond donors (Lipinski definition) is 1. The highest BCUT2D eigenvalue weighted by molar-refractivity contribution is 6.30. The van der Waals surface area contributed by atoms with Gasteiger partial charge >= 0.3 is 0 Å². The summed E-state index contributed by atoms with van der Waals surface area (Å²) in [5, 5.41) is 4.38. The van der Waals surface area contributed by atoms with Crippen LogP contribution < -0.4 is 5.32 Å².